The molecule has 2 heterocycles. The van der Waals surface area contributed by atoms with E-state index in [0.29, 0.717) is 5.95 Å². The molecule has 0 aliphatic carbocycles. The van der Waals surface area contributed by atoms with Gasteiger partial charge in [-0.1, -0.05) is 23.7 Å². The van der Waals surface area contributed by atoms with E-state index < -0.39 is 0 Å². The van der Waals surface area contributed by atoms with E-state index in [1.165, 1.54) is 24.8 Å². The summed E-state index contributed by atoms with van der Waals surface area (Å²) >= 11 is 5.99. The third-order valence-corrected chi connectivity index (χ3v) is 4.05. The molecule has 3 rings (SSSR count). The highest BCUT2D eigenvalue weighted by atomic mass is 35.5. The molecule has 6 heteroatoms. The van der Waals surface area contributed by atoms with Gasteiger partial charge in [0.05, 0.1) is 6.20 Å². The van der Waals surface area contributed by atoms with Gasteiger partial charge >= 0.3 is 0 Å². The number of aromatic nitrogens is 3. The topological polar surface area (TPSA) is 53.9 Å². The van der Waals surface area contributed by atoms with Crippen molar-refractivity contribution in [3.05, 3.63) is 41.0 Å². The Morgan fingerprint density at radius 2 is 2.05 bits per heavy atom. The van der Waals surface area contributed by atoms with E-state index in [4.69, 9.17) is 11.6 Å². The van der Waals surface area contributed by atoms with Gasteiger partial charge in [0.25, 0.3) is 0 Å². The summed E-state index contributed by atoms with van der Waals surface area (Å²) in [5.41, 5.74) is 1.19. The summed E-state index contributed by atoms with van der Waals surface area (Å²) in [5, 5.41) is 12.1. The van der Waals surface area contributed by atoms with Gasteiger partial charge in [0.15, 0.2) is 5.82 Å². The predicted molar refractivity (Wildman–Crippen MR) is 89.5 cm³/mol. The zero-order chi connectivity index (χ0) is 15.2. The Bertz CT molecular complexity index is 613. The number of halogens is 1. The smallest absolute Gasteiger partial charge is 0.244 e. The van der Waals surface area contributed by atoms with Crippen LogP contribution in [0.1, 0.15) is 24.8 Å². The Labute approximate surface area is 135 Å². The number of rotatable bonds is 5. The number of nitrogens with zero attached hydrogens (tertiary/aromatic N) is 4. The van der Waals surface area contributed by atoms with Gasteiger partial charge in [0.1, 0.15) is 0 Å². The van der Waals surface area contributed by atoms with Crippen molar-refractivity contribution in [3.63, 3.8) is 0 Å². The Morgan fingerprint density at radius 1 is 1.18 bits per heavy atom. The lowest BCUT2D eigenvalue weighted by Crippen LogP contribution is -2.30. The van der Waals surface area contributed by atoms with E-state index in [1.807, 2.05) is 18.2 Å². The van der Waals surface area contributed by atoms with E-state index in [2.05, 4.69) is 31.5 Å². The zero-order valence-electron chi connectivity index (χ0n) is 12.5. The molecule has 0 radical (unpaired) electrons. The standard InChI is InChI=1S/C16H20ClN5/c17-14-6-4-5-13(11-14)7-8-18-16-20-15(12-19-21-16)22-9-2-1-3-10-22/h4-6,11-12H,1-3,7-10H2,(H,18,20,21). The van der Waals surface area contributed by atoms with Crippen LogP contribution < -0.4 is 10.2 Å². The van der Waals surface area contributed by atoms with Crippen LogP contribution in [0.5, 0.6) is 0 Å². The molecule has 1 aliphatic heterocycles. The maximum absolute atomic E-state index is 5.99. The maximum atomic E-state index is 5.99. The van der Waals surface area contributed by atoms with Crippen LogP contribution >= 0.6 is 11.6 Å². The fourth-order valence-electron chi connectivity index (χ4n) is 2.66. The Morgan fingerprint density at radius 3 is 2.86 bits per heavy atom. The second-order valence-corrected chi connectivity index (χ2v) is 5.93. The van der Waals surface area contributed by atoms with Crippen molar-refractivity contribution in [1.29, 1.82) is 0 Å². The quantitative estimate of drug-likeness (QED) is 0.918. The summed E-state index contributed by atoms with van der Waals surface area (Å²) in [6.07, 6.45) is 6.37. The van der Waals surface area contributed by atoms with Gasteiger partial charge in [-0.3, -0.25) is 0 Å². The minimum atomic E-state index is 0.588. The first kappa shape index (κ1) is 15.0. The first-order valence-corrected chi connectivity index (χ1v) is 8.12. The van der Waals surface area contributed by atoms with Gasteiger partial charge in [-0.25, -0.2) is 0 Å². The van der Waals surface area contributed by atoms with Crippen molar-refractivity contribution < 1.29 is 0 Å². The molecule has 116 valence electrons. The normalized spacial score (nSPS) is 14.9. The van der Waals surface area contributed by atoms with E-state index in [0.717, 1.165) is 36.9 Å². The van der Waals surface area contributed by atoms with E-state index in [1.54, 1.807) is 6.20 Å². The summed E-state index contributed by atoms with van der Waals surface area (Å²) in [6, 6.07) is 7.89. The number of hydrogen-bond donors (Lipinski definition) is 1. The number of nitrogens with one attached hydrogen (secondary N) is 1. The molecule has 0 atom stereocenters. The minimum absolute atomic E-state index is 0.588. The number of anilines is 2. The van der Waals surface area contributed by atoms with E-state index >= 15 is 0 Å². The van der Waals surface area contributed by atoms with Crippen molar-refractivity contribution in [2.75, 3.05) is 29.9 Å². The summed E-state index contributed by atoms with van der Waals surface area (Å²) in [5.74, 6) is 1.50. The highest BCUT2D eigenvalue weighted by molar-refractivity contribution is 6.30. The monoisotopic (exact) mass is 317 g/mol. The molecule has 22 heavy (non-hydrogen) atoms. The number of benzene rings is 1. The Balaban J connectivity index is 1.56. The van der Waals surface area contributed by atoms with Crippen LogP contribution in [0.2, 0.25) is 5.02 Å². The first-order valence-electron chi connectivity index (χ1n) is 7.74. The van der Waals surface area contributed by atoms with Gasteiger partial charge in [-0.15, -0.1) is 5.10 Å². The molecule has 1 N–H and O–H groups in total. The van der Waals surface area contributed by atoms with E-state index in [9.17, 15) is 0 Å². The molecule has 2 aromatic rings. The van der Waals surface area contributed by atoms with Gasteiger partial charge < -0.3 is 10.2 Å². The highest BCUT2D eigenvalue weighted by Crippen LogP contribution is 2.17. The maximum Gasteiger partial charge on any atom is 0.244 e. The largest absolute Gasteiger partial charge is 0.355 e. The van der Waals surface area contributed by atoms with E-state index in [-0.39, 0.29) is 0 Å². The van der Waals surface area contributed by atoms with Crippen LogP contribution in [-0.4, -0.2) is 34.8 Å². The van der Waals surface area contributed by atoms with Crippen LogP contribution in [-0.2, 0) is 6.42 Å². The molecule has 5 nitrogen and oxygen atoms in total. The fraction of sp³-hybridized carbons (Fsp3) is 0.438. The second kappa shape index (κ2) is 7.40. The third kappa shape index (κ3) is 4.07. The van der Waals surface area contributed by atoms with Crippen LogP contribution in [0, 0.1) is 0 Å². The second-order valence-electron chi connectivity index (χ2n) is 5.49. The zero-order valence-corrected chi connectivity index (χ0v) is 13.3. The lowest BCUT2D eigenvalue weighted by molar-refractivity contribution is 0.572. The summed E-state index contributed by atoms with van der Waals surface area (Å²) < 4.78 is 0. The van der Waals surface area contributed by atoms with Crippen molar-refractivity contribution in [3.8, 4) is 0 Å². The molecule has 1 fully saturated rings. The lowest BCUT2D eigenvalue weighted by atomic mass is 10.1. The molecule has 1 saturated heterocycles. The highest BCUT2D eigenvalue weighted by Gasteiger charge is 2.13. The van der Waals surface area contributed by atoms with Gasteiger partial charge in [-0.2, -0.15) is 10.1 Å². The predicted octanol–water partition coefficient (Wildman–Crippen LogP) is 3.17. The number of hydrogen-bond acceptors (Lipinski definition) is 5. The lowest BCUT2D eigenvalue weighted by Gasteiger charge is -2.27. The number of piperidine rings is 1. The molecule has 1 aromatic carbocycles. The molecular weight excluding hydrogens is 298 g/mol. The van der Waals surface area contributed by atoms with Gasteiger partial charge in [-0.05, 0) is 43.4 Å². The van der Waals surface area contributed by atoms with Crippen molar-refractivity contribution >= 4 is 23.4 Å². The first-order chi connectivity index (χ1) is 10.8. The molecule has 0 saturated carbocycles. The van der Waals surface area contributed by atoms with Gasteiger partial charge in [0, 0.05) is 24.7 Å². The van der Waals surface area contributed by atoms with Gasteiger partial charge in [0.2, 0.25) is 5.95 Å². The fourth-order valence-corrected chi connectivity index (χ4v) is 2.87. The average molecular weight is 318 g/mol. The summed E-state index contributed by atoms with van der Waals surface area (Å²) in [7, 11) is 0. The molecule has 0 unspecified atom stereocenters. The molecule has 1 aliphatic rings. The summed E-state index contributed by atoms with van der Waals surface area (Å²) in [6.45, 7) is 2.87. The SMILES string of the molecule is Clc1cccc(CCNc2nncc(N3CCCCC3)n2)c1. The van der Waals surface area contributed by atoms with Crippen LogP contribution in [0.25, 0.3) is 0 Å². The van der Waals surface area contributed by atoms with Crippen molar-refractivity contribution in [2.24, 2.45) is 0 Å². The molecule has 1 aromatic heterocycles. The van der Waals surface area contributed by atoms with Crippen LogP contribution in [0.4, 0.5) is 11.8 Å². The minimum Gasteiger partial charge on any atom is -0.355 e. The Hall–Kier alpha value is -1.88. The average Bonchev–Trinajstić information content (AvgIpc) is 2.56. The summed E-state index contributed by atoms with van der Waals surface area (Å²) in [4.78, 5) is 6.84. The van der Waals surface area contributed by atoms with Crippen LogP contribution in [0.3, 0.4) is 0 Å². The third-order valence-electron chi connectivity index (χ3n) is 3.81. The molecule has 0 spiro atoms. The molecular formula is C16H20ClN5. The molecule has 0 amide bonds. The Kier molecular flexibility index (Phi) is 5.06. The van der Waals surface area contributed by atoms with Crippen LogP contribution in [0.15, 0.2) is 30.5 Å². The van der Waals surface area contributed by atoms with Crippen molar-refractivity contribution in [1.82, 2.24) is 15.2 Å². The van der Waals surface area contributed by atoms with Crippen molar-refractivity contribution in [2.45, 2.75) is 25.7 Å². The molecule has 0 bridgehead atoms.